The first-order valence-corrected chi connectivity index (χ1v) is 12.0. The first kappa shape index (κ1) is 21.3. The Hall–Kier alpha value is -2.53. The molecule has 0 saturated carbocycles. The number of carbonyl (C=O) groups is 1. The molecule has 4 aliphatic rings. The molecular weight excluding hydrogens is 400 g/mol. The van der Waals surface area contributed by atoms with Crippen molar-refractivity contribution in [3.05, 3.63) is 53.6 Å². The summed E-state index contributed by atoms with van der Waals surface area (Å²) < 4.78 is 11.6. The normalized spacial score (nSPS) is 27.6. The molecule has 2 atom stereocenters. The monoisotopic (exact) mass is 434 g/mol. The van der Waals surface area contributed by atoms with Crippen molar-refractivity contribution >= 4 is 6.09 Å². The standard InChI is InChI=1S/C27H34N2O3/c1-4-31-22-7-5-6-19(15-22)20-8-9-23-21(14-20)16-27(2,3)25(23)28-26(30)32-24-17-29-12-10-18(24)11-13-29/h5-9,14-15,18,24-25H,4,10-13,16-17H2,1-3H3,(H,28,30)/t24-,25?/m1/s1. The van der Waals surface area contributed by atoms with E-state index in [1.165, 1.54) is 16.7 Å². The molecule has 170 valence electrons. The minimum absolute atomic E-state index is 0.0291. The first-order valence-electron chi connectivity index (χ1n) is 12.0. The van der Waals surface area contributed by atoms with Gasteiger partial charge < -0.3 is 14.8 Å². The van der Waals surface area contributed by atoms with Crippen molar-refractivity contribution < 1.29 is 14.3 Å². The van der Waals surface area contributed by atoms with Crippen LogP contribution in [0.5, 0.6) is 5.75 Å². The molecule has 0 spiro atoms. The predicted octanol–water partition coefficient (Wildman–Crippen LogP) is 5.20. The second-order valence-corrected chi connectivity index (χ2v) is 10.2. The number of carbonyl (C=O) groups excluding carboxylic acids is 1. The zero-order chi connectivity index (χ0) is 22.3. The average molecular weight is 435 g/mol. The van der Waals surface area contributed by atoms with Gasteiger partial charge in [0.15, 0.2) is 0 Å². The van der Waals surface area contributed by atoms with E-state index in [0.29, 0.717) is 12.5 Å². The van der Waals surface area contributed by atoms with Gasteiger partial charge in [-0.3, -0.25) is 4.90 Å². The minimum atomic E-state index is -0.275. The van der Waals surface area contributed by atoms with Gasteiger partial charge in [-0.25, -0.2) is 4.79 Å². The van der Waals surface area contributed by atoms with Crippen LogP contribution in [0.4, 0.5) is 4.79 Å². The van der Waals surface area contributed by atoms with Crippen LogP contribution in [-0.2, 0) is 11.2 Å². The third kappa shape index (κ3) is 4.11. The Morgan fingerprint density at radius 3 is 2.62 bits per heavy atom. The van der Waals surface area contributed by atoms with Gasteiger partial charge in [-0.15, -0.1) is 0 Å². The lowest BCUT2D eigenvalue weighted by Gasteiger charge is -2.44. The lowest BCUT2D eigenvalue weighted by Crippen LogP contribution is -2.53. The molecule has 32 heavy (non-hydrogen) atoms. The molecule has 1 aliphatic carbocycles. The van der Waals surface area contributed by atoms with Crippen LogP contribution in [-0.4, -0.2) is 43.3 Å². The number of benzene rings is 2. The topological polar surface area (TPSA) is 50.8 Å². The van der Waals surface area contributed by atoms with Gasteiger partial charge in [-0.05, 0) is 85.0 Å². The fourth-order valence-electron chi connectivity index (χ4n) is 5.77. The number of piperidine rings is 3. The Bertz CT molecular complexity index is 994. The Morgan fingerprint density at radius 1 is 1.12 bits per heavy atom. The fraction of sp³-hybridized carbons (Fsp3) is 0.519. The van der Waals surface area contributed by atoms with Gasteiger partial charge in [0.05, 0.1) is 12.6 Å². The molecule has 1 unspecified atom stereocenters. The highest BCUT2D eigenvalue weighted by atomic mass is 16.6. The van der Waals surface area contributed by atoms with Crippen molar-refractivity contribution in [3.63, 3.8) is 0 Å². The molecule has 2 aromatic rings. The second-order valence-electron chi connectivity index (χ2n) is 10.2. The van der Waals surface area contributed by atoms with E-state index >= 15 is 0 Å². The van der Waals surface area contributed by atoms with Crippen molar-refractivity contribution in [2.45, 2.75) is 52.2 Å². The Morgan fingerprint density at radius 2 is 1.91 bits per heavy atom. The number of rotatable bonds is 5. The summed E-state index contributed by atoms with van der Waals surface area (Å²) in [5.74, 6) is 1.41. The maximum absolute atomic E-state index is 12.9. The van der Waals surface area contributed by atoms with Crippen molar-refractivity contribution in [1.82, 2.24) is 10.2 Å². The van der Waals surface area contributed by atoms with Crippen molar-refractivity contribution in [2.24, 2.45) is 11.3 Å². The van der Waals surface area contributed by atoms with Crippen LogP contribution in [0.1, 0.15) is 50.8 Å². The number of nitrogens with zero attached hydrogens (tertiary/aromatic N) is 1. The summed E-state index contributed by atoms with van der Waals surface area (Å²) in [5, 5.41) is 3.22. The molecule has 6 rings (SSSR count). The maximum Gasteiger partial charge on any atom is 0.407 e. The van der Waals surface area contributed by atoms with E-state index in [1.807, 2.05) is 19.1 Å². The largest absolute Gasteiger partial charge is 0.494 e. The van der Waals surface area contributed by atoms with E-state index in [9.17, 15) is 4.79 Å². The molecular formula is C27H34N2O3. The van der Waals surface area contributed by atoms with Crippen molar-refractivity contribution in [3.8, 4) is 16.9 Å². The molecule has 3 fully saturated rings. The molecule has 5 heteroatoms. The quantitative estimate of drug-likeness (QED) is 0.703. The van der Waals surface area contributed by atoms with Gasteiger partial charge in [-0.2, -0.15) is 0 Å². The molecule has 5 nitrogen and oxygen atoms in total. The summed E-state index contributed by atoms with van der Waals surface area (Å²) in [6, 6.07) is 14.8. The van der Waals surface area contributed by atoms with E-state index in [4.69, 9.17) is 9.47 Å². The van der Waals surface area contributed by atoms with Crippen LogP contribution < -0.4 is 10.1 Å². The summed E-state index contributed by atoms with van der Waals surface area (Å²) in [7, 11) is 0. The molecule has 3 heterocycles. The maximum atomic E-state index is 12.9. The highest BCUT2D eigenvalue weighted by Crippen LogP contribution is 2.46. The molecule has 0 radical (unpaired) electrons. The molecule has 1 N–H and O–H groups in total. The summed E-state index contributed by atoms with van der Waals surface area (Å²) >= 11 is 0. The number of nitrogens with one attached hydrogen (secondary N) is 1. The molecule has 0 aromatic heterocycles. The Kier molecular flexibility index (Phi) is 5.62. The van der Waals surface area contributed by atoms with Gasteiger partial charge in [0.2, 0.25) is 0 Å². The highest BCUT2D eigenvalue weighted by Gasteiger charge is 2.42. The van der Waals surface area contributed by atoms with Gasteiger partial charge in [0, 0.05) is 6.54 Å². The van der Waals surface area contributed by atoms with E-state index in [-0.39, 0.29) is 23.7 Å². The van der Waals surface area contributed by atoms with Crippen LogP contribution in [0.3, 0.4) is 0 Å². The molecule has 2 aromatic carbocycles. The summed E-state index contributed by atoms with van der Waals surface area (Å²) in [6.07, 6.45) is 2.96. The van der Waals surface area contributed by atoms with Crippen LogP contribution in [0.25, 0.3) is 11.1 Å². The van der Waals surface area contributed by atoms with E-state index in [2.05, 4.69) is 54.4 Å². The van der Waals surface area contributed by atoms with Gasteiger partial charge in [0.25, 0.3) is 0 Å². The fourth-order valence-corrected chi connectivity index (χ4v) is 5.77. The van der Waals surface area contributed by atoms with Crippen LogP contribution >= 0.6 is 0 Å². The number of alkyl carbamates (subject to hydrolysis) is 1. The zero-order valence-corrected chi connectivity index (χ0v) is 19.4. The third-order valence-corrected chi connectivity index (χ3v) is 7.48. The number of ether oxygens (including phenoxy) is 2. The lowest BCUT2D eigenvalue weighted by molar-refractivity contribution is -0.0348. The van der Waals surface area contributed by atoms with Crippen LogP contribution in [0.2, 0.25) is 0 Å². The lowest BCUT2D eigenvalue weighted by atomic mass is 9.85. The second kappa shape index (κ2) is 8.43. The highest BCUT2D eigenvalue weighted by molar-refractivity contribution is 5.70. The molecule has 3 saturated heterocycles. The summed E-state index contributed by atoms with van der Waals surface area (Å²) in [5.41, 5.74) is 4.75. The van der Waals surface area contributed by atoms with E-state index < -0.39 is 0 Å². The third-order valence-electron chi connectivity index (χ3n) is 7.48. The number of hydrogen-bond donors (Lipinski definition) is 1. The zero-order valence-electron chi connectivity index (χ0n) is 19.4. The first-order chi connectivity index (χ1) is 15.4. The average Bonchev–Trinajstić information content (AvgIpc) is 3.03. The van der Waals surface area contributed by atoms with Crippen molar-refractivity contribution in [2.75, 3.05) is 26.2 Å². The smallest absolute Gasteiger partial charge is 0.407 e. The predicted molar refractivity (Wildman–Crippen MR) is 126 cm³/mol. The summed E-state index contributed by atoms with van der Waals surface area (Å²) in [4.78, 5) is 15.3. The molecule has 3 aliphatic heterocycles. The van der Waals surface area contributed by atoms with Gasteiger partial charge in [0.1, 0.15) is 11.9 Å². The van der Waals surface area contributed by atoms with Crippen LogP contribution in [0, 0.1) is 11.3 Å². The Balaban J connectivity index is 1.32. The van der Waals surface area contributed by atoms with Gasteiger partial charge >= 0.3 is 6.09 Å². The van der Waals surface area contributed by atoms with E-state index in [0.717, 1.165) is 50.2 Å². The van der Waals surface area contributed by atoms with E-state index in [1.54, 1.807) is 0 Å². The van der Waals surface area contributed by atoms with Gasteiger partial charge in [-0.1, -0.05) is 44.2 Å². The number of amides is 1. The van der Waals surface area contributed by atoms with Crippen molar-refractivity contribution in [1.29, 1.82) is 0 Å². The minimum Gasteiger partial charge on any atom is -0.494 e. The number of fused-ring (bicyclic) bond motifs is 4. The Labute approximate surface area is 191 Å². The number of hydrogen-bond acceptors (Lipinski definition) is 4. The van der Waals surface area contributed by atoms with Crippen LogP contribution in [0.15, 0.2) is 42.5 Å². The summed E-state index contributed by atoms with van der Waals surface area (Å²) in [6.45, 7) is 10.3. The molecule has 1 amide bonds. The molecule has 2 bridgehead atoms. The SMILES string of the molecule is CCOc1cccc(-c2ccc3c(c2)CC(C)(C)C3NC(=O)O[C@@H]2CN3CCC2CC3)c1.